The topological polar surface area (TPSA) is 49.4 Å². The van der Waals surface area contributed by atoms with Gasteiger partial charge in [-0.1, -0.05) is 34.1 Å². The summed E-state index contributed by atoms with van der Waals surface area (Å²) in [7, 11) is 0. The Morgan fingerprint density at radius 1 is 1.29 bits per heavy atom. The molecule has 2 fully saturated rings. The molecule has 2 aliphatic rings. The average molecular weight is 294 g/mol. The van der Waals surface area contributed by atoms with Crippen molar-refractivity contribution in [3.05, 3.63) is 0 Å². The fourth-order valence-corrected chi connectivity index (χ4v) is 4.06. The van der Waals surface area contributed by atoms with Gasteiger partial charge in [0.25, 0.3) is 0 Å². The van der Waals surface area contributed by atoms with Gasteiger partial charge in [-0.3, -0.25) is 9.59 Å². The van der Waals surface area contributed by atoms with Crippen LogP contribution in [0.2, 0.25) is 0 Å². The zero-order chi connectivity index (χ0) is 15.6. The Bertz CT molecular complexity index is 394. The molecule has 1 N–H and O–H groups in total. The van der Waals surface area contributed by atoms with Crippen LogP contribution in [0.5, 0.6) is 0 Å². The minimum absolute atomic E-state index is 0.0224. The van der Waals surface area contributed by atoms with E-state index in [1.807, 2.05) is 4.90 Å². The van der Waals surface area contributed by atoms with Crippen LogP contribution in [0.15, 0.2) is 0 Å². The lowest BCUT2D eigenvalue weighted by atomic mass is 9.92. The highest BCUT2D eigenvalue weighted by molar-refractivity contribution is 5.90. The first kappa shape index (κ1) is 16.3. The molecule has 0 aromatic rings. The summed E-state index contributed by atoms with van der Waals surface area (Å²) >= 11 is 0. The zero-order valence-corrected chi connectivity index (χ0v) is 13.9. The Labute approximate surface area is 128 Å². The Hall–Kier alpha value is -1.06. The van der Waals surface area contributed by atoms with Crippen LogP contribution in [0.4, 0.5) is 0 Å². The van der Waals surface area contributed by atoms with Gasteiger partial charge in [-0.15, -0.1) is 0 Å². The number of hydrogen-bond donors (Lipinski definition) is 1. The number of hydrogen-bond acceptors (Lipinski definition) is 2. The molecule has 1 saturated heterocycles. The molecule has 120 valence electrons. The van der Waals surface area contributed by atoms with Crippen LogP contribution in [0, 0.1) is 17.8 Å². The van der Waals surface area contributed by atoms with Gasteiger partial charge in [-0.25, -0.2) is 0 Å². The maximum Gasteiger partial charge on any atom is 0.245 e. The number of amides is 2. The van der Waals surface area contributed by atoms with E-state index in [1.165, 1.54) is 12.8 Å². The van der Waals surface area contributed by atoms with Crippen molar-refractivity contribution in [2.75, 3.05) is 6.54 Å². The molecule has 0 radical (unpaired) electrons. The second-order valence-electron chi connectivity index (χ2n) is 7.20. The van der Waals surface area contributed by atoms with E-state index in [0.29, 0.717) is 30.8 Å². The Morgan fingerprint density at radius 2 is 2.00 bits per heavy atom. The predicted octanol–water partition coefficient (Wildman–Crippen LogP) is 2.57. The van der Waals surface area contributed by atoms with Crippen LogP contribution in [0.1, 0.15) is 59.8 Å². The SMILES string of the molecule is CCC1CCC(N2CCC(=O)NC(CC(C)C)C2=O)C1C. The summed E-state index contributed by atoms with van der Waals surface area (Å²) < 4.78 is 0. The van der Waals surface area contributed by atoms with E-state index in [2.05, 4.69) is 33.0 Å². The molecule has 0 spiro atoms. The first-order valence-electron chi connectivity index (χ1n) is 8.53. The normalized spacial score (nSPS) is 34.2. The number of rotatable bonds is 4. The van der Waals surface area contributed by atoms with Gasteiger partial charge < -0.3 is 10.2 Å². The van der Waals surface area contributed by atoms with Gasteiger partial charge in [0.1, 0.15) is 6.04 Å². The van der Waals surface area contributed by atoms with Gasteiger partial charge in [0, 0.05) is 19.0 Å². The molecular formula is C17H30N2O2. The third kappa shape index (κ3) is 3.58. The van der Waals surface area contributed by atoms with Crippen LogP contribution in [0.3, 0.4) is 0 Å². The van der Waals surface area contributed by atoms with Crippen LogP contribution < -0.4 is 5.32 Å². The standard InChI is InChI=1S/C17H30N2O2/c1-5-13-6-7-15(12(13)4)19-9-8-16(20)18-14(17(19)21)10-11(2)3/h11-15H,5-10H2,1-4H3,(H,18,20). The first-order valence-corrected chi connectivity index (χ1v) is 8.53. The third-order valence-corrected chi connectivity index (χ3v) is 5.31. The van der Waals surface area contributed by atoms with E-state index in [1.54, 1.807) is 0 Å². The largest absolute Gasteiger partial charge is 0.344 e. The van der Waals surface area contributed by atoms with Crippen molar-refractivity contribution in [2.45, 2.75) is 71.9 Å². The summed E-state index contributed by atoms with van der Waals surface area (Å²) in [6.07, 6.45) is 4.67. The van der Waals surface area contributed by atoms with Crippen molar-refractivity contribution < 1.29 is 9.59 Å². The quantitative estimate of drug-likeness (QED) is 0.866. The van der Waals surface area contributed by atoms with E-state index in [4.69, 9.17) is 0 Å². The molecule has 1 aliphatic heterocycles. The summed E-state index contributed by atoms with van der Waals surface area (Å²) in [5.74, 6) is 1.84. The molecule has 0 aromatic carbocycles. The highest BCUT2D eigenvalue weighted by atomic mass is 16.2. The number of nitrogens with zero attached hydrogens (tertiary/aromatic N) is 1. The Kier molecular flexibility index (Phi) is 5.28. The van der Waals surface area contributed by atoms with Gasteiger partial charge in [0.2, 0.25) is 11.8 Å². The molecule has 4 unspecified atom stereocenters. The van der Waals surface area contributed by atoms with Crippen LogP contribution in [-0.4, -0.2) is 35.3 Å². The highest BCUT2D eigenvalue weighted by Crippen LogP contribution is 2.37. The lowest BCUT2D eigenvalue weighted by Crippen LogP contribution is -2.50. The fourth-order valence-electron chi connectivity index (χ4n) is 4.06. The molecule has 0 aromatic heterocycles. The molecule has 4 nitrogen and oxygen atoms in total. The highest BCUT2D eigenvalue weighted by Gasteiger charge is 2.40. The van der Waals surface area contributed by atoms with Gasteiger partial charge >= 0.3 is 0 Å². The molecule has 1 heterocycles. The summed E-state index contributed by atoms with van der Waals surface area (Å²) in [6, 6.07) is -0.00214. The molecule has 1 saturated carbocycles. The Balaban J connectivity index is 2.14. The van der Waals surface area contributed by atoms with Gasteiger partial charge in [0.05, 0.1) is 0 Å². The summed E-state index contributed by atoms with van der Waals surface area (Å²) in [5.41, 5.74) is 0. The molecule has 4 heteroatoms. The van der Waals surface area contributed by atoms with E-state index < -0.39 is 0 Å². The molecule has 21 heavy (non-hydrogen) atoms. The molecule has 2 rings (SSSR count). The van der Waals surface area contributed by atoms with Crippen molar-refractivity contribution in [3.63, 3.8) is 0 Å². The van der Waals surface area contributed by atoms with Crippen molar-refractivity contribution in [2.24, 2.45) is 17.8 Å². The van der Waals surface area contributed by atoms with E-state index in [9.17, 15) is 9.59 Å². The van der Waals surface area contributed by atoms with Crippen LogP contribution >= 0.6 is 0 Å². The van der Waals surface area contributed by atoms with Crippen molar-refractivity contribution in [1.82, 2.24) is 10.2 Å². The fraction of sp³-hybridized carbons (Fsp3) is 0.882. The lowest BCUT2D eigenvalue weighted by Gasteiger charge is -2.34. The maximum absolute atomic E-state index is 12.9. The second-order valence-corrected chi connectivity index (χ2v) is 7.20. The smallest absolute Gasteiger partial charge is 0.245 e. The first-order chi connectivity index (χ1) is 9.93. The van der Waals surface area contributed by atoms with E-state index in [-0.39, 0.29) is 17.9 Å². The van der Waals surface area contributed by atoms with Crippen molar-refractivity contribution in [3.8, 4) is 0 Å². The maximum atomic E-state index is 12.9. The van der Waals surface area contributed by atoms with Crippen molar-refractivity contribution in [1.29, 1.82) is 0 Å². The lowest BCUT2D eigenvalue weighted by molar-refractivity contribution is -0.136. The monoisotopic (exact) mass is 294 g/mol. The number of carbonyl (C=O) groups excluding carboxylic acids is 2. The average Bonchev–Trinajstić information content (AvgIpc) is 2.72. The molecule has 0 bridgehead atoms. The van der Waals surface area contributed by atoms with E-state index in [0.717, 1.165) is 18.8 Å². The summed E-state index contributed by atoms with van der Waals surface area (Å²) in [6.45, 7) is 9.29. The van der Waals surface area contributed by atoms with E-state index >= 15 is 0 Å². The second kappa shape index (κ2) is 6.80. The minimum Gasteiger partial charge on any atom is -0.344 e. The molecule has 1 aliphatic carbocycles. The summed E-state index contributed by atoms with van der Waals surface area (Å²) in [5, 5.41) is 2.92. The minimum atomic E-state index is -0.326. The zero-order valence-electron chi connectivity index (χ0n) is 13.9. The van der Waals surface area contributed by atoms with Crippen LogP contribution in [0.25, 0.3) is 0 Å². The third-order valence-electron chi connectivity index (χ3n) is 5.31. The van der Waals surface area contributed by atoms with Crippen molar-refractivity contribution >= 4 is 11.8 Å². The molecule has 4 atom stereocenters. The molecular weight excluding hydrogens is 264 g/mol. The molecule has 2 amide bonds. The summed E-state index contributed by atoms with van der Waals surface area (Å²) in [4.78, 5) is 26.8. The number of nitrogens with one attached hydrogen (secondary N) is 1. The van der Waals surface area contributed by atoms with Gasteiger partial charge in [0.15, 0.2) is 0 Å². The predicted molar refractivity (Wildman–Crippen MR) is 83.7 cm³/mol. The number of carbonyl (C=O) groups is 2. The van der Waals surface area contributed by atoms with Gasteiger partial charge in [-0.05, 0) is 37.0 Å². The van der Waals surface area contributed by atoms with Gasteiger partial charge in [-0.2, -0.15) is 0 Å². The van der Waals surface area contributed by atoms with Crippen LogP contribution in [-0.2, 0) is 9.59 Å². The Morgan fingerprint density at radius 3 is 2.57 bits per heavy atom.